The van der Waals surface area contributed by atoms with Gasteiger partial charge in [0, 0.05) is 11.6 Å². The maximum atomic E-state index is 12.1. The lowest BCUT2D eigenvalue weighted by Gasteiger charge is -2.37. The zero-order valence-corrected chi connectivity index (χ0v) is 11.8. The Bertz CT molecular complexity index is 582. The number of carbonyl (C=O) groups excluding carboxylic acids is 1. The van der Waals surface area contributed by atoms with E-state index in [4.69, 9.17) is 9.57 Å². The second kappa shape index (κ2) is 4.92. The van der Waals surface area contributed by atoms with Crippen molar-refractivity contribution in [3.63, 3.8) is 0 Å². The summed E-state index contributed by atoms with van der Waals surface area (Å²) in [6, 6.07) is 8.32. The first-order valence-corrected chi connectivity index (χ1v) is 6.79. The Balaban J connectivity index is 2.15. The average Bonchev–Trinajstić information content (AvgIpc) is 2.90. The van der Waals surface area contributed by atoms with E-state index in [-0.39, 0.29) is 18.2 Å². The van der Waals surface area contributed by atoms with E-state index in [9.17, 15) is 4.79 Å². The van der Waals surface area contributed by atoms with E-state index in [2.05, 4.69) is 23.4 Å². The summed E-state index contributed by atoms with van der Waals surface area (Å²) in [5, 5.41) is 0. The van der Waals surface area contributed by atoms with E-state index in [1.807, 2.05) is 25.2 Å². The highest BCUT2D eigenvalue weighted by molar-refractivity contribution is 5.99. The van der Waals surface area contributed by atoms with Gasteiger partial charge in [-0.05, 0) is 32.0 Å². The zero-order valence-electron chi connectivity index (χ0n) is 11.8. The molecule has 1 aromatic carbocycles. The summed E-state index contributed by atoms with van der Waals surface area (Å²) < 4.78 is 5.09. The molecule has 106 valence electrons. The lowest BCUT2D eigenvalue weighted by Crippen LogP contribution is -2.39. The number of esters is 1. The summed E-state index contributed by atoms with van der Waals surface area (Å²) in [7, 11) is 1.99. The molecule has 0 saturated carbocycles. The maximum absolute atomic E-state index is 12.1. The molecule has 0 bridgehead atoms. The molecule has 0 spiro atoms. The van der Waals surface area contributed by atoms with Crippen LogP contribution >= 0.6 is 0 Å². The molecule has 2 atom stereocenters. The van der Waals surface area contributed by atoms with Crippen LogP contribution in [0.3, 0.4) is 0 Å². The second-order valence-electron chi connectivity index (χ2n) is 5.01. The van der Waals surface area contributed by atoms with Gasteiger partial charge in [0.1, 0.15) is 0 Å². The van der Waals surface area contributed by atoms with E-state index in [1.54, 1.807) is 6.92 Å². The SMILES string of the molecule is CCOC(=O)C1=C2c3ccccc3[C@@H](C)N(C)[C@@H]2ON1. The lowest BCUT2D eigenvalue weighted by atomic mass is 9.88. The van der Waals surface area contributed by atoms with Crippen molar-refractivity contribution in [2.45, 2.75) is 26.1 Å². The van der Waals surface area contributed by atoms with Crippen molar-refractivity contribution in [1.29, 1.82) is 0 Å². The van der Waals surface area contributed by atoms with Crippen molar-refractivity contribution in [2.24, 2.45) is 0 Å². The van der Waals surface area contributed by atoms with Gasteiger partial charge in [0.25, 0.3) is 0 Å². The molecule has 0 fully saturated rings. The van der Waals surface area contributed by atoms with Gasteiger partial charge < -0.3 is 4.74 Å². The Morgan fingerprint density at radius 2 is 2.20 bits per heavy atom. The van der Waals surface area contributed by atoms with Crippen molar-refractivity contribution in [2.75, 3.05) is 13.7 Å². The van der Waals surface area contributed by atoms with Gasteiger partial charge in [0.05, 0.1) is 6.61 Å². The molecule has 2 aliphatic rings. The fourth-order valence-corrected chi connectivity index (χ4v) is 2.79. The number of benzene rings is 1. The number of ether oxygens (including phenoxy) is 1. The molecule has 0 amide bonds. The van der Waals surface area contributed by atoms with Gasteiger partial charge >= 0.3 is 5.97 Å². The van der Waals surface area contributed by atoms with E-state index < -0.39 is 0 Å². The van der Waals surface area contributed by atoms with Crippen LogP contribution in [0.5, 0.6) is 0 Å². The highest BCUT2D eigenvalue weighted by atomic mass is 16.7. The predicted molar refractivity (Wildman–Crippen MR) is 74.2 cm³/mol. The first kappa shape index (κ1) is 13.1. The minimum absolute atomic E-state index is 0.225. The Kier molecular flexibility index (Phi) is 3.23. The third-order valence-electron chi connectivity index (χ3n) is 3.95. The molecule has 0 saturated heterocycles. The van der Waals surface area contributed by atoms with Gasteiger partial charge in [0.2, 0.25) is 0 Å². The van der Waals surface area contributed by atoms with Gasteiger partial charge in [-0.15, -0.1) is 0 Å². The topological polar surface area (TPSA) is 50.8 Å². The molecule has 5 nitrogen and oxygen atoms in total. The molecular formula is C15H18N2O3. The highest BCUT2D eigenvalue weighted by Gasteiger charge is 2.41. The second-order valence-corrected chi connectivity index (χ2v) is 5.01. The normalized spacial score (nSPS) is 24.9. The van der Waals surface area contributed by atoms with Gasteiger partial charge in [-0.25, -0.2) is 4.79 Å². The van der Waals surface area contributed by atoms with Crippen molar-refractivity contribution in [3.05, 3.63) is 41.1 Å². The van der Waals surface area contributed by atoms with Crippen molar-refractivity contribution in [1.82, 2.24) is 10.4 Å². The fraction of sp³-hybridized carbons (Fsp3) is 0.400. The number of hydrogen-bond donors (Lipinski definition) is 1. The summed E-state index contributed by atoms with van der Waals surface area (Å²) >= 11 is 0. The van der Waals surface area contributed by atoms with Crippen LogP contribution in [0.25, 0.3) is 5.57 Å². The first-order chi connectivity index (χ1) is 9.65. The predicted octanol–water partition coefficient (Wildman–Crippen LogP) is 1.83. The molecule has 2 aliphatic heterocycles. The summed E-state index contributed by atoms with van der Waals surface area (Å²) in [6.07, 6.45) is -0.265. The number of likely N-dealkylation sites (N-methyl/N-ethyl adjacent to an activating group) is 1. The van der Waals surface area contributed by atoms with E-state index >= 15 is 0 Å². The summed E-state index contributed by atoms with van der Waals surface area (Å²) in [5.74, 6) is -0.372. The van der Waals surface area contributed by atoms with Gasteiger partial charge in [-0.2, -0.15) is 0 Å². The lowest BCUT2D eigenvalue weighted by molar-refractivity contribution is -0.140. The minimum Gasteiger partial charge on any atom is -0.461 e. The standard InChI is InChI=1S/C15H18N2O3/c1-4-19-15(18)13-12-11-8-6-5-7-10(11)9(2)17(3)14(12)20-16-13/h5-9,14,16H,4H2,1-3H3/t9-,14-/m1/s1. The zero-order chi connectivity index (χ0) is 14.3. The van der Waals surface area contributed by atoms with E-state index in [0.717, 1.165) is 11.1 Å². The van der Waals surface area contributed by atoms with Crippen LogP contribution in [0.4, 0.5) is 0 Å². The smallest absolute Gasteiger partial charge is 0.357 e. The molecular weight excluding hydrogens is 256 g/mol. The first-order valence-electron chi connectivity index (χ1n) is 6.79. The minimum atomic E-state index is -0.372. The molecule has 0 radical (unpaired) electrons. The van der Waals surface area contributed by atoms with Gasteiger partial charge in [0.15, 0.2) is 11.9 Å². The van der Waals surface area contributed by atoms with Crippen LogP contribution in [0.1, 0.15) is 31.0 Å². The monoisotopic (exact) mass is 274 g/mol. The third kappa shape index (κ3) is 1.82. The van der Waals surface area contributed by atoms with Crippen molar-refractivity contribution < 1.29 is 14.4 Å². The van der Waals surface area contributed by atoms with Crippen LogP contribution in [-0.4, -0.2) is 30.8 Å². The van der Waals surface area contributed by atoms with Crippen LogP contribution in [-0.2, 0) is 14.4 Å². The van der Waals surface area contributed by atoms with Crippen LogP contribution < -0.4 is 5.48 Å². The van der Waals surface area contributed by atoms with E-state index in [0.29, 0.717) is 12.3 Å². The molecule has 1 N–H and O–H groups in total. The summed E-state index contributed by atoms with van der Waals surface area (Å²) in [5.41, 5.74) is 6.25. The number of rotatable bonds is 2. The Morgan fingerprint density at radius 1 is 1.45 bits per heavy atom. The molecule has 5 heteroatoms. The number of carbonyl (C=O) groups is 1. The molecule has 0 aromatic heterocycles. The Hall–Kier alpha value is -1.85. The van der Waals surface area contributed by atoms with Crippen LogP contribution in [0, 0.1) is 0 Å². The van der Waals surface area contributed by atoms with Crippen molar-refractivity contribution >= 4 is 11.5 Å². The molecule has 20 heavy (non-hydrogen) atoms. The number of hydrogen-bond acceptors (Lipinski definition) is 5. The van der Waals surface area contributed by atoms with Gasteiger partial charge in [-0.1, -0.05) is 24.3 Å². The average molecular weight is 274 g/mol. The molecule has 3 rings (SSSR count). The number of nitrogens with one attached hydrogen (secondary N) is 1. The summed E-state index contributed by atoms with van der Waals surface area (Å²) in [4.78, 5) is 19.7. The molecule has 2 heterocycles. The van der Waals surface area contributed by atoms with Crippen LogP contribution in [0.15, 0.2) is 30.0 Å². The quantitative estimate of drug-likeness (QED) is 0.834. The van der Waals surface area contributed by atoms with Crippen molar-refractivity contribution in [3.8, 4) is 0 Å². The Morgan fingerprint density at radius 3 is 2.95 bits per heavy atom. The maximum Gasteiger partial charge on any atom is 0.357 e. The molecule has 0 aliphatic carbocycles. The van der Waals surface area contributed by atoms with Crippen LogP contribution in [0.2, 0.25) is 0 Å². The van der Waals surface area contributed by atoms with E-state index in [1.165, 1.54) is 5.56 Å². The molecule has 1 aromatic rings. The molecule has 0 unspecified atom stereocenters. The number of nitrogens with zero attached hydrogens (tertiary/aromatic N) is 1. The van der Waals surface area contributed by atoms with Gasteiger partial charge in [-0.3, -0.25) is 15.2 Å². The third-order valence-corrected chi connectivity index (χ3v) is 3.95. The number of hydroxylamine groups is 1. The summed E-state index contributed by atoms with van der Waals surface area (Å²) in [6.45, 7) is 4.26. The largest absolute Gasteiger partial charge is 0.461 e. The number of fused-ring (bicyclic) bond motifs is 3. The highest BCUT2D eigenvalue weighted by Crippen LogP contribution is 2.42. The Labute approximate surface area is 118 Å². The fourth-order valence-electron chi connectivity index (χ4n) is 2.79.